The van der Waals surface area contributed by atoms with Crippen LogP contribution >= 0.6 is 7.92 Å². The summed E-state index contributed by atoms with van der Waals surface area (Å²) < 4.78 is 6.71. The number of fused-ring (bicyclic) bond motifs is 2. The number of rotatable bonds is 3. The second kappa shape index (κ2) is 7.88. The molecule has 31 heavy (non-hydrogen) atoms. The Kier molecular flexibility index (Phi) is 5.65. The molecule has 0 bridgehead atoms. The van der Waals surface area contributed by atoms with Gasteiger partial charge in [-0.2, -0.15) is 0 Å². The van der Waals surface area contributed by atoms with E-state index in [1.54, 1.807) is 0 Å². The molecule has 3 aromatic rings. The van der Waals surface area contributed by atoms with Crippen LogP contribution in [0.4, 0.5) is 0 Å². The summed E-state index contributed by atoms with van der Waals surface area (Å²) in [4.78, 5) is 0. The predicted molar refractivity (Wildman–Crippen MR) is 137 cm³/mol. The monoisotopic (exact) mass is 430 g/mol. The van der Waals surface area contributed by atoms with Gasteiger partial charge < -0.3 is 4.74 Å². The molecular formula is C29H35OP. The first-order valence-electron chi connectivity index (χ1n) is 11.2. The van der Waals surface area contributed by atoms with Crippen LogP contribution in [-0.2, 0) is 4.74 Å². The van der Waals surface area contributed by atoms with Crippen LogP contribution in [0.5, 0.6) is 0 Å². The van der Waals surface area contributed by atoms with Gasteiger partial charge in [0.25, 0.3) is 0 Å². The van der Waals surface area contributed by atoms with Crippen LogP contribution in [-0.4, -0.2) is 22.8 Å². The Balaban J connectivity index is 2.09. The molecule has 0 spiro atoms. The van der Waals surface area contributed by atoms with E-state index in [2.05, 4.69) is 120 Å². The third-order valence-corrected chi connectivity index (χ3v) is 10.3. The van der Waals surface area contributed by atoms with Gasteiger partial charge in [0.15, 0.2) is 0 Å². The van der Waals surface area contributed by atoms with Gasteiger partial charge in [-0.15, -0.1) is 0 Å². The molecule has 2 unspecified atom stereocenters. The molecule has 0 heterocycles. The first-order chi connectivity index (χ1) is 14.6. The average Bonchev–Trinajstić information content (AvgIpc) is 2.71. The first-order valence-corrected chi connectivity index (χ1v) is 12.6. The fourth-order valence-corrected chi connectivity index (χ4v) is 10.9. The van der Waals surface area contributed by atoms with E-state index >= 15 is 0 Å². The molecule has 162 valence electrons. The Labute approximate surface area is 189 Å². The van der Waals surface area contributed by atoms with E-state index < -0.39 is 13.3 Å². The van der Waals surface area contributed by atoms with Crippen LogP contribution in [0.1, 0.15) is 64.2 Å². The molecule has 1 aliphatic carbocycles. The van der Waals surface area contributed by atoms with E-state index in [0.29, 0.717) is 0 Å². The second-order valence-electron chi connectivity index (χ2n) is 10.6. The second-order valence-corrected chi connectivity index (χ2v) is 14.6. The molecule has 3 aromatic carbocycles. The van der Waals surface area contributed by atoms with Gasteiger partial charge in [0.05, 0.1) is 0 Å². The zero-order valence-electron chi connectivity index (χ0n) is 19.9. The summed E-state index contributed by atoms with van der Waals surface area (Å²) >= 11 is 0. The molecule has 0 saturated carbocycles. The maximum atomic E-state index is 6.71. The van der Waals surface area contributed by atoms with Gasteiger partial charge in [0.1, 0.15) is 5.34 Å². The van der Waals surface area contributed by atoms with Crippen LogP contribution in [0.15, 0.2) is 72.8 Å². The van der Waals surface area contributed by atoms with Crippen LogP contribution in [0, 0.1) is 0 Å². The third-order valence-electron chi connectivity index (χ3n) is 6.37. The van der Waals surface area contributed by atoms with E-state index in [-0.39, 0.29) is 16.2 Å². The number of benzene rings is 3. The van der Waals surface area contributed by atoms with Gasteiger partial charge in [-0.1, -0.05) is 122 Å². The van der Waals surface area contributed by atoms with Gasteiger partial charge in [0, 0.05) is 13.0 Å². The summed E-state index contributed by atoms with van der Waals surface area (Å²) in [7, 11) is 1.32. The summed E-state index contributed by atoms with van der Waals surface area (Å²) in [6.07, 6.45) is 4.69. The van der Waals surface area contributed by atoms with Gasteiger partial charge >= 0.3 is 0 Å². The highest BCUT2D eigenvalue weighted by molar-refractivity contribution is 7.62. The molecule has 0 N–H and O–H groups in total. The van der Waals surface area contributed by atoms with Gasteiger partial charge in [-0.05, 0) is 43.9 Å². The van der Waals surface area contributed by atoms with Crippen molar-refractivity contribution >= 4 is 24.8 Å². The fourth-order valence-electron chi connectivity index (χ4n) is 5.88. The summed E-state index contributed by atoms with van der Waals surface area (Å²) in [6, 6.07) is 24.4. The van der Waals surface area contributed by atoms with E-state index in [1.807, 2.05) is 7.11 Å². The Bertz CT molecular complexity index is 1100. The van der Waals surface area contributed by atoms with Crippen LogP contribution in [0.25, 0.3) is 16.8 Å². The molecule has 0 amide bonds. The molecule has 2 heteroatoms. The molecule has 0 aliphatic heterocycles. The topological polar surface area (TPSA) is 9.23 Å². The largest absolute Gasteiger partial charge is 0.369 e. The van der Waals surface area contributed by atoms with Gasteiger partial charge in [-0.25, -0.2) is 0 Å². The lowest BCUT2D eigenvalue weighted by Gasteiger charge is -2.56. The van der Waals surface area contributed by atoms with Crippen LogP contribution in [0.2, 0.25) is 0 Å². The number of hydrogen-bond acceptors (Lipinski definition) is 1. The van der Waals surface area contributed by atoms with E-state index in [1.165, 1.54) is 27.5 Å². The van der Waals surface area contributed by atoms with Crippen molar-refractivity contribution in [1.82, 2.24) is 0 Å². The zero-order chi connectivity index (χ0) is 22.4. The molecule has 1 aliphatic rings. The van der Waals surface area contributed by atoms with E-state index in [0.717, 1.165) is 0 Å². The smallest absolute Gasteiger partial charge is 0.116 e. The predicted octanol–water partition coefficient (Wildman–Crippen LogP) is 8.42. The molecule has 2 atom stereocenters. The summed E-state index contributed by atoms with van der Waals surface area (Å²) in [5, 5.41) is 2.43. The number of ether oxygens (including phenoxy) is 1. The molecular weight excluding hydrogens is 395 g/mol. The third kappa shape index (κ3) is 3.77. The molecule has 0 saturated heterocycles. The Morgan fingerprint density at radius 3 is 2.00 bits per heavy atom. The molecule has 0 fully saturated rings. The van der Waals surface area contributed by atoms with Crippen molar-refractivity contribution in [1.29, 1.82) is 0 Å². The zero-order valence-corrected chi connectivity index (χ0v) is 20.8. The Morgan fingerprint density at radius 2 is 1.32 bits per heavy atom. The number of methoxy groups -OCH3 is 1. The summed E-state index contributed by atoms with van der Waals surface area (Å²) in [5.74, 6) is 0.134. The van der Waals surface area contributed by atoms with Crippen molar-refractivity contribution in [2.45, 2.75) is 63.1 Å². The molecule has 1 nitrogen and oxygen atoms in total. The lowest BCUT2D eigenvalue weighted by Crippen LogP contribution is -2.46. The summed E-state index contributed by atoms with van der Waals surface area (Å²) in [6.45, 7) is 14.3. The Hall–Kier alpha value is -1.95. The van der Waals surface area contributed by atoms with E-state index in [4.69, 9.17) is 4.74 Å². The van der Waals surface area contributed by atoms with Crippen LogP contribution in [0.3, 0.4) is 0 Å². The van der Waals surface area contributed by atoms with Crippen LogP contribution < -0.4 is 0 Å². The maximum absolute atomic E-state index is 6.71. The average molecular weight is 431 g/mol. The normalized spacial score (nSPS) is 21.5. The van der Waals surface area contributed by atoms with Gasteiger partial charge in [0.2, 0.25) is 0 Å². The minimum absolute atomic E-state index is 0.114. The minimum atomic E-state index is -0.597. The fraction of sp³-hybridized carbons (Fsp3) is 0.379. The van der Waals surface area contributed by atoms with Gasteiger partial charge in [-0.3, -0.25) is 0 Å². The van der Waals surface area contributed by atoms with Crippen molar-refractivity contribution in [3.63, 3.8) is 0 Å². The lowest BCUT2D eigenvalue weighted by atomic mass is 9.78. The van der Waals surface area contributed by atoms with E-state index in [9.17, 15) is 0 Å². The Morgan fingerprint density at radius 1 is 0.742 bits per heavy atom. The highest BCUT2D eigenvalue weighted by Gasteiger charge is 2.55. The standard InChI is InChI=1S/C29H35OP/c1-27(2,3)31(28(4,5)6)29(30-7)20-19-22-14-9-11-17-24(22)26(29)25-18-12-15-21-13-8-10-16-23(21)25/h8-20,26H,1-7H3. The highest BCUT2D eigenvalue weighted by atomic mass is 31.1. The van der Waals surface area contributed by atoms with Crippen molar-refractivity contribution in [2.24, 2.45) is 0 Å². The molecule has 0 radical (unpaired) electrons. The van der Waals surface area contributed by atoms with Crippen molar-refractivity contribution in [3.05, 3.63) is 89.5 Å². The quantitative estimate of drug-likeness (QED) is 0.379. The lowest BCUT2D eigenvalue weighted by molar-refractivity contribution is 0.0876. The van der Waals surface area contributed by atoms with Crippen molar-refractivity contribution in [2.75, 3.05) is 7.11 Å². The first kappa shape index (κ1) is 22.3. The van der Waals surface area contributed by atoms with Crippen molar-refractivity contribution in [3.8, 4) is 0 Å². The summed E-state index contributed by atoms with van der Waals surface area (Å²) in [5.41, 5.74) is 4.02. The van der Waals surface area contributed by atoms with Crippen molar-refractivity contribution < 1.29 is 4.74 Å². The minimum Gasteiger partial charge on any atom is -0.369 e. The highest BCUT2D eigenvalue weighted by Crippen LogP contribution is 2.73. The SMILES string of the molecule is COC1(P(C(C)(C)C)C(C)(C)C)C=Cc2ccccc2C1c1cccc2ccccc12. The maximum Gasteiger partial charge on any atom is 0.116 e. The molecule has 0 aromatic heterocycles. The molecule has 4 rings (SSSR count). The number of hydrogen-bond donors (Lipinski definition) is 0.